The maximum Gasteiger partial charge on any atom is 0.158 e. The monoisotopic (exact) mass is 409 g/mol. The van der Waals surface area contributed by atoms with E-state index >= 15 is 0 Å². The van der Waals surface area contributed by atoms with Crippen LogP contribution in [0.4, 0.5) is 28.6 Å². The molecule has 29 heavy (non-hydrogen) atoms. The van der Waals surface area contributed by atoms with Crippen LogP contribution in [0.2, 0.25) is 5.15 Å². The number of piperazine rings is 1. The maximum atomic E-state index is 6.09. The van der Waals surface area contributed by atoms with E-state index in [2.05, 4.69) is 50.3 Å². The molecule has 2 heterocycles. The number of nitrogen functional groups attached to an aromatic ring is 2. The summed E-state index contributed by atoms with van der Waals surface area (Å²) >= 11 is 6.08. The number of nitrogens with zero attached hydrogens (tertiary/aromatic N) is 4. The number of benzene rings is 2. The molecule has 0 aliphatic carbocycles. The first-order valence-corrected chi connectivity index (χ1v) is 9.85. The van der Waals surface area contributed by atoms with E-state index in [1.165, 1.54) is 6.33 Å². The summed E-state index contributed by atoms with van der Waals surface area (Å²) in [5, 5.41) is 3.61. The second kappa shape index (κ2) is 8.14. The maximum absolute atomic E-state index is 6.09. The standard InChI is InChI=1S/C21H24ClN7/c1-28-8-10-29(11-9-28)18-7-4-15(14-2-5-16(23)6-3-14)12-17(18)27-21-19(24)20(22)25-13-26-21/h2-7,12-13H,8-11,23-24H2,1H3,(H,25,26,27). The fourth-order valence-corrected chi connectivity index (χ4v) is 3.55. The Hall–Kier alpha value is -3.03. The van der Waals surface area contributed by atoms with E-state index < -0.39 is 0 Å². The van der Waals surface area contributed by atoms with Crippen molar-refractivity contribution in [2.75, 3.05) is 54.9 Å². The van der Waals surface area contributed by atoms with Gasteiger partial charge in [-0.1, -0.05) is 29.8 Å². The van der Waals surface area contributed by atoms with Crippen LogP contribution in [0.25, 0.3) is 11.1 Å². The van der Waals surface area contributed by atoms with Gasteiger partial charge in [-0.25, -0.2) is 9.97 Å². The summed E-state index contributed by atoms with van der Waals surface area (Å²) in [6.45, 7) is 3.93. The molecule has 150 valence electrons. The highest BCUT2D eigenvalue weighted by atomic mass is 35.5. The summed E-state index contributed by atoms with van der Waals surface area (Å²) in [4.78, 5) is 12.9. The van der Waals surface area contributed by atoms with Gasteiger partial charge in [0.25, 0.3) is 0 Å². The molecule has 8 heteroatoms. The molecule has 5 N–H and O–H groups in total. The van der Waals surface area contributed by atoms with Crippen LogP contribution in [-0.4, -0.2) is 48.1 Å². The van der Waals surface area contributed by atoms with Crippen molar-refractivity contribution in [3.05, 3.63) is 53.9 Å². The van der Waals surface area contributed by atoms with Crippen LogP contribution in [-0.2, 0) is 0 Å². The number of halogens is 1. The highest BCUT2D eigenvalue weighted by Crippen LogP contribution is 2.35. The quantitative estimate of drug-likeness (QED) is 0.448. The van der Waals surface area contributed by atoms with Gasteiger partial charge in [0.1, 0.15) is 12.0 Å². The largest absolute Gasteiger partial charge is 0.399 e. The summed E-state index contributed by atoms with van der Waals surface area (Å²) in [6, 6.07) is 14.2. The second-order valence-electron chi connectivity index (χ2n) is 7.20. The molecule has 1 aliphatic heterocycles. The SMILES string of the molecule is CN1CCN(c2ccc(-c3ccc(N)cc3)cc2Nc2ncnc(Cl)c2N)CC1. The molecule has 7 nitrogen and oxygen atoms in total. The molecule has 0 radical (unpaired) electrons. The van der Waals surface area contributed by atoms with Crippen molar-refractivity contribution in [1.82, 2.24) is 14.9 Å². The fraction of sp³-hybridized carbons (Fsp3) is 0.238. The molecule has 2 aromatic carbocycles. The highest BCUT2D eigenvalue weighted by Gasteiger charge is 2.19. The van der Waals surface area contributed by atoms with Gasteiger partial charge in [0.15, 0.2) is 11.0 Å². The minimum absolute atomic E-state index is 0.235. The Kier molecular flexibility index (Phi) is 5.42. The number of rotatable bonds is 4. The minimum atomic E-state index is 0.235. The molecular weight excluding hydrogens is 386 g/mol. The predicted octanol–water partition coefficient (Wildman–Crippen LogP) is 3.46. The first kappa shape index (κ1) is 19.3. The van der Waals surface area contributed by atoms with Crippen molar-refractivity contribution in [1.29, 1.82) is 0 Å². The molecule has 1 saturated heterocycles. The van der Waals surface area contributed by atoms with Crippen molar-refractivity contribution < 1.29 is 0 Å². The van der Waals surface area contributed by atoms with Crippen molar-refractivity contribution in [3.8, 4) is 11.1 Å². The first-order chi connectivity index (χ1) is 14.0. The summed E-state index contributed by atoms with van der Waals surface area (Å²) in [6.07, 6.45) is 1.40. The van der Waals surface area contributed by atoms with E-state index in [4.69, 9.17) is 23.1 Å². The van der Waals surface area contributed by atoms with E-state index in [-0.39, 0.29) is 5.15 Å². The van der Waals surface area contributed by atoms with Gasteiger partial charge in [0, 0.05) is 31.9 Å². The van der Waals surface area contributed by atoms with Gasteiger partial charge >= 0.3 is 0 Å². The minimum Gasteiger partial charge on any atom is -0.399 e. The second-order valence-corrected chi connectivity index (χ2v) is 7.55. The van der Waals surface area contributed by atoms with Gasteiger partial charge in [-0.2, -0.15) is 0 Å². The number of nitrogens with one attached hydrogen (secondary N) is 1. The lowest BCUT2D eigenvalue weighted by atomic mass is 10.0. The predicted molar refractivity (Wildman–Crippen MR) is 121 cm³/mol. The van der Waals surface area contributed by atoms with E-state index in [0.29, 0.717) is 11.5 Å². The topological polar surface area (TPSA) is 96.3 Å². The van der Waals surface area contributed by atoms with Gasteiger partial charge < -0.3 is 26.6 Å². The molecule has 0 saturated carbocycles. The third kappa shape index (κ3) is 4.21. The molecule has 1 aliphatic rings. The van der Waals surface area contributed by atoms with Crippen LogP contribution in [0.15, 0.2) is 48.8 Å². The number of anilines is 5. The van der Waals surface area contributed by atoms with Gasteiger partial charge in [-0.05, 0) is 42.4 Å². The zero-order valence-electron chi connectivity index (χ0n) is 16.3. The van der Waals surface area contributed by atoms with Crippen LogP contribution >= 0.6 is 11.6 Å². The summed E-state index contributed by atoms with van der Waals surface area (Å²) < 4.78 is 0. The molecule has 1 fully saturated rings. The Morgan fingerprint density at radius 1 is 0.931 bits per heavy atom. The van der Waals surface area contributed by atoms with E-state index in [9.17, 15) is 0 Å². The zero-order valence-corrected chi connectivity index (χ0v) is 17.0. The van der Waals surface area contributed by atoms with Crippen LogP contribution in [0, 0.1) is 0 Å². The van der Waals surface area contributed by atoms with E-state index in [0.717, 1.165) is 54.4 Å². The molecule has 0 unspecified atom stereocenters. The van der Waals surface area contributed by atoms with Crippen molar-refractivity contribution in [2.45, 2.75) is 0 Å². The average molecular weight is 410 g/mol. The number of hydrogen-bond acceptors (Lipinski definition) is 7. The molecule has 0 atom stereocenters. The Labute approximate surface area is 175 Å². The Bertz CT molecular complexity index is 998. The molecule has 0 bridgehead atoms. The van der Waals surface area contributed by atoms with Crippen LogP contribution < -0.4 is 21.7 Å². The lowest BCUT2D eigenvalue weighted by Crippen LogP contribution is -2.44. The normalized spacial score (nSPS) is 14.8. The molecule has 0 amide bonds. The number of hydrogen-bond donors (Lipinski definition) is 3. The van der Waals surface area contributed by atoms with Crippen molar-refractivity contribution >= 4 is 40.2 Å². The number of nitrogens with two attached hydrogens (primary N) is 2. The number of likely N-dealkylation sites (N-methyl/N-ethyl adjacent to an activating group) is 1. The third-order valence-electron chi connectivity index (χ3n) is 5.17. The van der Waals surface area contributed by atoms with Gasteiger partial charge in [0.2, 0.25) is 0 Å². The Morgan fingerprint density at radius 2 is 1.62 bits per heavy atom. The fourth-order valence-electron chi connectivity index (χ4n) is 3.42. The van der Waals surface area contributed by atoms with E-state index in [1.807, 2.05) is 24.3 Å². The van der Waals surface area contributed by atoms with Crippen LogP contribution in [0.3, 0.4) is 0 Å². The number of aromatic nitrogens is 2. The molecular formula is C21H24ClN7. The van der Waals surface area contributed by atoms with Crippen molar-refractivity contribution in [2.24, 2.45) is 0 Å². The average Bonchev–Trinajstić information content (AvgIpc) is 2.73. The lowest BCUT2D eigenvalue weighted by molar-refractivity contribution is 0.313. The summed E-state index contributed by atoms with van der Waals surface area (Å²) in [5.74, 6) is 0.495. The Morgan fingerprint density at radius 3 is 2.34 bits per heavy atom. The van der Waals surface area contributed by atoms with E-state index in [1.54, 1.807) is 0 Å². The lowest BCUT2D eigenvalue weighted by Gasteiger charge is -2.35. The zero-order chi connectivity index (χ0) is 20.4. The molecule has 1 aromatic heterocycles. The Balaban J connectivity index is 1.74. The third-order valence-corrected chi connectivity index (χ3v) is 5.47. The smallest absolute Gasteiger partial charge is 0.158 e. The van der Waals surface area contributed by atoms with Crippen LogP contribution in [0.1, 0.15) is 0 Å². The van der Waals surface area contributed by atoms with Crippen molar-refractivity contribution in [3.63, 3.8) is 0 Å². The highest BCUT2D eigenvalue weighted by molar-refractivity contribution is 6.32. The summed E-state index contributed by atoms with van der Waals surface area (Å²) in [7, 11) is 2.14. The van der Waals surface area contributed by atoms with Gasteiger partial charge in [0.05, 0.1) is 11.4 Å². The first-order valence-electron chi connectivity index (χ1n) is 9.48. The molecule has 3 aromatic rings. The van der Waals surface area contributed by atoms with Gasteiger partial charge in [-0.3, -0.25) is 0 Å². The van der Waals surface area contributed by atoms with Gasteiger partial charge in [-0.15, -0.1) is 0 Å². The van der Waals surface area contributed by atoms with Crippen LogP contribution in [0.5, 0.6) is 0 Å². The molecule has 4 rings (SSSR count). The summed E-state index contributed by atoms with van der Waals surface area (Å²) in [5.41, 5.74) is 17.2. The molecule has 0 spiro atoms.